The van der Waals surface area contributed by atoms with Crippen LogP contribution in [0.3, 0.4) is 0 Å². The van der Waals surface area contributed by atoms with Crippen LogP contribution in [-0.2, 0) is 23.8 Å². The summed E-state index contributed by atoms with van der Waals surface area (Å²) in [5, 5.41) is 2.97. The Morgan fingerprint density at radius 3 is 2.83 bits per heavy atom. The molecule has 2 amide bonds. The molecule has 24 heavy (non-hydrogen) atoms. The molecule has 2 saturated heterocycles. The fraction of sp³-hybridized carbons (Fsp3) is 0.714. The lowest BCUT2D eigenvalue weighted by atomic mass is 10.1. The van der Waals surface area contributed by atoms with Gasteiger partial charge in [-0.2, -0.15) is 8.42 Å². The van der Waals surface area contributed by atoms with Crippen molar-refractivity contribution in [2.45, 2.75) is 25.1 Å². The molecule has 1 N–H and O–H groups in total. The van der Waals surface area contributed by atoms with Crippen molar-refractivity contribution in [3.05, 3.63) is 12.7 Å². The molecule has 0 aromatic rings. The first-order valence-electron chi connectivity index (χ1n) is 7.62. The highest BCUT2D eigenvalue weighted by Crippen LogP contribution is 2.35. The largest absolute Gasteiger partial charge is 0.445 e. The van der Waals surface area contributed by atoms with Crippen molar-refractivity contribution >= 4 is 22.1 Å². The van der Waals surface area contributed by atoms with Gasteiger partial charge in [-0.3, -0.25) is 13.9 Å². The van der Waals surface area contributed by atoms with E-state index in [9.17, 15) is 18.0 Å². The Kier molecular flexibility index (Phi) is 5.51. The highest BCUT2D eigenvalue weighted by Gasteiger charge is 2.52. The van der Waals surface area contributed by atoms with Gasteiger partial charge in [-0.05, 0) is 6.92 Å². The topological polar surface area (TPSA) is 105 Å². The number of hydrogen-bond acceptors (Lipinski definition) is 7. The Balaban J connectivity index is 2.26. The third-order valence-corrected chi connectivity index (χ3v) is 4.73. The summed E-state index contributed by atoms with van der Waals surface area (Å²) in [5.74, 6) is -0.162. The van der Waals surface area contributed by atoms with E-state index in [0.29, 0.717) is 13.1 Å². The number of rotatable bonds is 5. The number of likely N-dealkylation sites (tertiary alicyclic amines) is 1. The van der Waals surface area contributed by atoms with Crippen molar-refractivity contribution in [3.63, 3.8) is 0 Å². The second kappa shape index (κ2) is 7.08. The van der Waals surface area contributed by atoms with Gasteiger partial charge in [-0.25, -0.2) is 4.79 Å². The molecule has 2 aliphatic heterocycles. The third-order valence-electron chi connectivity index (χ3n) is 4.11. The molecule has 2 atom stereocenters. The van der Waals surface area contributed by atoms with E-state index in [4.69, 9.17) is 8.92 Å². The van der Waals surface area contributed by atoms with Crippen LogP contribution in [-0.4, -0.2) is 81.0 Å². The Morgan fingerprint density at radius 1 is 1.54 bits per heavy atom. The van der Waals surface area contributed by atoms with E-state index in [1.807, 2.05) is 0 Å². The lowest BCUT2D eigenvalue weighted by molar-refractivity contribution is -0.144. The van der Waals surface area contributed by atoms with Gasteiger partial charge in [0.2, 0.25) is 5.91 Å². The van der Waals surface area contributed by atoms with Crippen LogP contribution < -0.4 is 5.32 Å². The van der Waals surface area contributed by atoms with Gasteiger partial charge in [-0.15, -0.1) is 0 Å². The van der Waals surface area contributed by atoms with E-state index in [1.165, 1.54) is 11.0 Å². The number of carbonyl (C=O) groups excluding carboxylic acids is 2. The molecule has 0 aromatic heterocycles. The minimum absolute atomic E-state index is 0.0246. The summed E-state index contributed by atoms with van der Waals surface area (Å²) in [6.45, 7) is 6.43. The maximum absolute atomic E-state index is 12.4. The molecule has 0 spiro atoms. The van der Waals surface area contributed by atoms with Crippen molar-refractivity contribution in [2.75, 3.05) is 39.0 Å². The average molecular weight is 361 g/mol. The first-order chi connectivity index (χ1) is 11.2. The fourth-order valence-corrected chi connectivity index (χ4v) is 3.79. The zero-order valence-electron chi connectivity index (χ0n) is 13.9. The predicted molar refractivity (Wildman–Crippen MR) is 85.6 cm³/mol. The van der Waals surface area contributed by atoms with Gasteiger partial charge >= 0.3 is 6.09 Å². The van der Waals surface area contributed by atoms with Gasteiger partial charge in [-0.1, -0.05) is 12.7 Å². The fourth-order valence-electron chi connectivity index (χ4n) is 3.17. The zero-order valence-corrected chi connectivity index (χ0v) is 14.7. The van der Waals surface area contributed by atoms with Gasteiger partial charge < -0.3 is 15.0 Å². The average Bonchev–Trinajstić information content (AvgIpc) is 2.80. The van der Waals surface area contributed by atoms with Crippen LogP contribution in [0.4, 0.5) is 4.79 Å². The van der Waals surface area contributed by atoms with Crippen LogP contribution in [0.2, 0.25) is 0 Å². The van der Waals surface area contributed by atoms with E-state index in [-0.39, 0.29) is 32.0 Å². The van der Waals surface area contributed by atoms with Crippen LogP contribution in [0, 0.1) is 0 Å². The lowest BCUT2D eigenvalue weighted by Gasteiger charge is -2.45. The highest BCUT2D eigenvalue weighted by molar-refractivity contribution is 7.86. The minimum atomic E-state index is -3.68. The summed E-state index contributed by atoms with van der Waals surface area (Å²) in [5.41, 5.74) is -1.01. The molecule has 2 heterocycles. The van der Waals surface area contributed by atoms with Crippen molar-refractivity contribution in [2.24, 2.45) is 0 Å². The summed E-state index contributed by atoms with van der Waals surface area (Å²) < 4.78 is 33.0. The molecule has 2 rings (SSSR count). The number of carbonyl (C=O) groups is 2. The summed E-state index contributed by atoms with van der Waals surface area (Å²) in [7, 11) is -3.68. The summed E-state index contributed by atoms with van der Waals surface area (Å²) in [6.07, 6.45) is 1.21. The molecule has 10 heteroatoms. The number of nitrogens with one attached hydrogen (secondary N) is 1. The molecule has 0 saturated carbocycles. The molecule has 0 aliphatic carbocycles. The maximum Gasteiger partial charge on any atom is 0.412 e. The molecule has 9 nitrogen and oxygen atoms in total. The molecule has 0 aromatic carbocycles. The maximum atomic E-state index is 12.4. The summed E-state index contributed by atoms with van der Waals surface area (Å²) in [4.78, 5) is 27.6. The van der Waals surface area contributed by atoms with E-state index in [2.05, 4.69) is 11.9 Å². The first-order valence-corrected chi connectivity index (χ1v) is 9.44. The van der Waals surface area contributed by atoms with E-state index in [1.54, 1.807) is 11.8 Å². The Bertz CT molecular complexity index is 622. The monoisotopic (exact) mass is 361 g/mol. The Morgan fingerprint density at radius 2 is 2.25 bits per heavy atom. The van der Waals surface area contributed by atoms with Crippen LogP contribution in [0.1, 0.15) is 13.3 Å². The van der Waals surface area contributed by atoms with Crippen LogP contribution in [0.25, 0.3) is 0 Å². The van der Waals surface area contributed by atoms with Gasteiger partial charge in [0.15, 0.2) is 0 Å². The van der Waals surface area contributed by atoms with Crippen molar-refractivity contribution in [3.8, 4) is 0 Å². The van der Waals surface area contributed by atoms with Crippen molar-refractivity contribution in [1.82, 2.24) is 15.1 Å². The number of ether oxygens (including phenoxy) is 1. The molecule has 0 radical (unpaired) electrons. The molecule has 0 unspecified atom stereocenters. The van der Waals surface area contributed by atoms with Crippen LogP contribution in [0.5, 0.6) is 0 Å². The SMILES string of the molecule is C=CCOC(=O)N1C[C@H](OS(C)(=O)=O)C[C@@]1(C)N1CCNCC1=O. The van der Waals surface area contributed by atoms with Crippen molar-refractivity contribution in [1.29, 1.82) is 0 Å². The van der Waals surface area contributed by atoms with E-state index in [0.717, 1.165) is 6.26 Å². The van der Waals surface area contributed by atoms with Gasteiger partial charge in [0, 0.05) is 19.5 Å². The highest BCUT2D eigenvalue weighted by atomic mass is 32.2. The number of nitrogens with zero attached hydrogens (tertiary/aromatic N) is 2. The van der Waals surface area contributed by atoms with Crippen molar-refractivity contribution < 1.29 is 26.9 Å². The molecule has 136 valence electrons. The second-order valence-electron chi connectivity index (χ2n) is 6.04. The third kappa shape index (κ3) is 4.05. The quantitative estimate of drug-likeness (QED) is 0.520. The minimum Gasteiger partial charge on any atom is -0.445 e. The van der Waals surface area contributed by atoms with Gasteiger partial charge in [0.1, 0.15) is 12.3 Å². The normalized spacial score (nSPS) is 28.1. The van der Waals surface area contributed by atoms with Gasteiger partial charge in [0.25, 0.3) is 10.1 Å². The van der Waals surface area contributed by atoms with Crippen LogP contribution >= 0.6 is 0 Å². The molecule has 2 fully saturated rings. The summed E-state index contributed by atoms with van der Waals surface area (Å²) >= 11 is 0. The Hall–Kier alpha value is -1.65. The van der Waals surface area contributed by atoms with E-state index >= 15 is 0 Å². The first kappa shape index (κ1) is 18.7. The molecule has 0 bridgehead atoms. The second-order valence-corrected chi connectivity index (χ2v) is 7.64. The smallest absolute Gasteiger partial charge is 0.412 e. The van der Waals surface area contributed by atoms with Gasteiger partial charge in [0.05, 0.1) is 25.4 Å². The van der Waals surface area contributed by atoms with E-state index < -0.39 is 28.0 Å². The Labute approximate surface area is 141 Å². The standard InChI is InChI=1S/C14H23N3O6S/c1-4-7-22-13(19)17-10-11(23-24(3,20)21)8-14(17,2)16-6-5-15-9-12(16)18/h4,11,15H,1,5-10H2,2-3H3/t11-,14+/m1/s1. The molecule has 2 aliphatic rings. The molecular formula is C14H23N3O6S. The number of hydrogen-bond donors (Lipinski definition) is 1. The summed E-state index contributed by atoms with van der Waals surface area (Å²) in [6, 6.07) is 0. The number of amides is 2. The van der Waals surface area contributed by atoms with Crippen LogP contribution in [0.15, 0.2) is 12.7 Å². The number of piperazine rings is 1. The molecular weight excluding hydrogens is 338 g/mol. The predicted octanol–water partition coefficient (Wildman–Crippen LogP) is -0.492. The zero-order chi connectivity index (χ0) is 18.0. The lowest BCUT2D eigenvalue weighted by Crippen LogP contribution is -2.64.